The Labute approximate surface area is 354 Å². The van der Waals surface area contributed by atoms with Crippen LogP contribution in [0.1, 0.15) is 81.4 Å². The molecule has 3 aromatic carbocycles. The normalized spacial score (nSPS) is 18.3. The quantitative estimate of drug-likeness (QED) is 0.161. The number of fused-ring (bicyclic) bond motifs is 1. The molecule has 14 nitrogen and oxygen atoms in total. The minimum Gasteiger partial charge on any atom is -0.473 e. The molecule has 0 bridgehead atoms. The third-order valence-electron chi connectivity index (χ3n) is 10.0. The number of halogens is 3. The first-order valence-corrected chi connectivity index (χ1v) is 21.7. The Morgan fingerprint density at radius 3 is 2.18 bits per heavy atom. The summed E-state index contributed by atoms with van der Waals surface area (Å²) < 4.78 is 91.4. The van der Waals surface area contributed by atoms with Crippen LogP contribution in [0.3, 0.4) is 0 Å². The summed E-state index contributed by atoms with van der Waals surface area (Å²) in [5, 5.41) is 0. The fourth-order valence-electron chi connectivity index (χ4n) is 7.19. The number of amides is 4. The summed E-state index contributed by atoms with van der Waals surface area (Å²) in [5.74, 6) is -2.38. The monoisotopic (exact) mass is 874 g/mol. The molecule has 2 aliphatic rings. The van der Waals surface area contributed by atoms with Crippen LogP contribution < -0.4 is 9.64 Å². The average Bonchev–Trinajstić information content (AvgIpc) is 3.18. The molecule has 1 unspecified atom stereocenters. The Morgan fingerprint density at radius 1 is 0.984 bits per heavy atom. The van der Waals surface area contributed by atoms with E-state index in [1.165, 1.54) is 21.6 Å². The molecule has 2 heterocycles. The van der Waals surface area contributed by atoms with Gasteiger partial charge in [-0.1, -0.05) is 60.7 Å². The summed E-state index contributed by atoms with van der Waals surface area (Å²) in [6.45, 7) is 8.44. The highest BCUT2D eigenvalue weighted by Gasteiger charge is 2.49. The van der Waals surface area contributed by atoms with Gasteiger partial charge < -0.3 is 33.8 Å². The number of ether oxygens (including phenoxy) is 3. The Balaban J connectivity index is 1.55. The van der Waals surface area contributed by atoms with Crippen molar-refractivity contribution in [3.8, 4) is 5.75 Å². The van der Waals surface area contributed by atoms with Gasteiger partial charge in [-0.3, -0.25) is 13.8 Å². The van der Waals surface area contributed by atoms with Gasteiger partial charge in [0, 0.05) is 38.8 Å². The number of carbonyl (C=O) groups excluding carboxylic acids is 4. The van der Waals surface area contributed by atoms with Gasteiger partial charge >= 0.3 is 18.4 Å². The Hall–Kier alpha value is -5.36. The predicted octanol–water partition coefficient (Wildman–Crippen LogP) is 7.25. The lowest BCUT2D eigenvalue weighted by Crippen LogP contribution is -2.58. The summed E-state index contributed by atoms with van der Waals surface area (Å²) >= 11 is 0. The van der Waals surface area contributed by atoms with Crippen LogP contribution in [-0.4, -0.2) is 109 Å². The van der Waals surface area contributed by atoms with Gasteiger partial charge in [0.1, 0.15) is 24.6 Å². The van der Waals surface area contributed by atoms with E-state index in [4.69, 9.17) is 18.4 Å². The smallest absolute Gasteiger partial charge is 0.417 e. The number of nitrogens with zero attached hydrogens (tertiary/aromatic N) is 4. The van der Waals surface area contributed by atoms with Crippen molar-refractivity contribution in [3.63, 3.8) is 0 Å². The maximum Gasteiger partial charge on any atom is 0.417 e. The first-order chi connectivity index (χ1) is 28.5. The maximum atomic E-state index is 15.1. The fourth-order valence-corrected chi connectivity index (χ4v) is 7.63. The van der Waals surface area contributed by atoms with Gasteiger partial charge in [-0.15, -0.1) is 0 Å². The zero-order valence-electron chi connectivity index (χ0n) is 35.4. The van der Waals surface area contributed by atoms with Crippen LogP contribution in [0.25, 0.3) is 0 Å². The van der Waals surface area contributed by atoms with Crippen molar-refractivity contribution < 1.29 is 59.2 Å². The summed E-state index contributed by atoms with van der Waals surface area (Å²) in [5.41, 5.74) is -3.91. The molecule has 1 saturated heterocycles. The van der Waals surface area contributed by atoms with Crippen LogP contribution in [0, 0.1) is 0 Å². The van der Waals surface area contributed by atoms with Crippen molar-refractivity contribution in [2.75, 3.05) is 43.9 Å². The molecule has 0 aromatic heterocycles. The lowest BCUT2D eigenvalue weighted by molar-refractivity contribution is -0.139. The number of anilines is 1. The van der Waals surface area contributed by atoms with E-state index in [9.17, 15) is 27.6 Å². The van der Waals surface area contributed by atoms with Gasteiger partial charge in [0.2, 0.25) is 5.60 Å². The van der Waals surface area contributed by atoms with Gasteiger partial charge in [-0.2, -0.15) is 21.6 Å². The Morgan fingerprint density at radius 2 is 1.61 bits per heavy atom. The number of hydrogen-bond donors (Lipinski definition) is 0. The molecule has 0 saturated carbocycles. The topological polar surface area (TPSA) is 152 Å². The third-order valence-corrected chi connectivity index (χ3v) is 10.6. The maximum absolute atomic E-state index is 15.1. The minimum atomic E-state index is -5.11. The number of benzene rings is 3. The second-order valence-electron chi connectivity index (χ2n) is 16.6. The molecular formula is C43H53F3N4O10S. The fraction of sp³-hybridized carbons (Fsp3) is 0.488. The van der Waals surface area contributed by atoms with Crippen molar-refractivity contribution in [3.05, 3.63) is 95.1 Å². The summed E-state index contributed by atoms with van der Waals surface area (Å²) in [7, 11) is -4.16. The van der Waals surface area contributed by atoms with Crippen molar-refractivity contribution in [1.29, 1.82) is 0 Å². The van der Waals surface area contributed by atoms with Crippen molar-refractivity contribution >= 4 is 39.8 Å². The number of alkyl halides is 3. The standard InChI is InChI=1S/C43H53F3N4O10S/c1-29(2)50(32-19-14-20-47(26-32)40(54)60-41(3,4)5)37(51)33-23-35-36(24-34(33)43(44,45)46)59-42(6,28-58-61(7,55)56)38(52)49(35)22-21-48(25-30-15-10-8-11-16-30)39(53)57-27-31-17-12-9-13-18-31/h8-13,15-18,23-24,29,32H,14,19-22,25-28H2,1-7H3/t32-,42?/m1/s1. The summed E-state index contributed by atoms with van der Waals surface area (Å²) in [4.78, 5) is 60.9. The first kappa shape index (κ1) is 46.7. The molecule has 3 aromatic rings. The van der Waals surface area contributed by atoms with Crippen LogP contribution in [0.2, 0.25) is 0 Å². The van der Waals surface area contributed by atoms with E-state index in [1.807, 2.05) is 6.07 Å². The van der Waals surface area contributed by atoms with Gasteiger partial charge in [0.25, 0.3) is 21.9 Å². The second-order valence-corrected chi connectivity index (χ2v) is 18.2. The Bertz CT molecular complexity index is 2170. The van der Waals surface area contributed by atoms with Crippen LogP contribution in [0.15, 0.2) is 72.8 Å². The lowest BCUT2D eigenvalue weighted by Gasteiger charge is -2.43. The summed E-state index contributed by atoms with van der Waals surface area (Å²) in [6, 6.07) is 18.1. The molecular weight excluding hydrogens is 822 g/mol. The van der Waals surface area contributed by atoms with E-state index in [0.717, 1.165) is 17.2 Å². The molecule has 0 spiro atoms. The van der Waals surface area contributed by atoms with Gasteiger partial charge in [-0.05, 0) is 77.6 Å². The molecule has 4 amide bonds. The highest BCUT2D eigenvalue weighted by atomic mass is 32.2. The molecule has 1 fully saturated rings. The molecule has 2 aliphatic heterocycles. The van der Waals surface area contributed by atoms with Crippen LogP contribution in [0.4, 0.5) is 28.4 Å². The second kappa shape index (κ2) is 18.7. The zero-order valence-corrected chi connectivity index (χ0v) is 36.2. The first-order valence-electron chi connectivity index (χ1n) is 19.9. The summed E-state index contributed by atoms with van der Waals surface area (Å²) in [6.07, 6.45) is -4.88. The van der Waals surface area contributed by atoms with E-state index in [0.29, 0.717) is 36.6 Å². The molecule has 0 radical (unpaired) electrons. The molecule has 0 N–H and O–H groups in total. The number of likely N-dealkylation sites (tertiary alicyclic amines) is 1. The van der Waals surface area contributed by atoms with Crippen LogP contribution in [0.5, 0.6) is 5.75 Å². The largest absolute Gasteiger partial charge is 0.473 e. The number of rotatable bonds is 13. The highest BCUT2D eigenvalue weighted by Crippen LogP contribution is 2.45. The zero-order chi connectivity index (χ0) is 44.9. The SMILES string of the molecule is CC(C)N(C(=O)c1cc2c(cc1C(F)(F)F)OC(C)(COS(C)(=O)=O)C(=O)N2CCN(Cc1ccccc1)C(=O)OCc1ccccc1)[C@@H]1CCCN(C(=O)OC(C)(C)C)C1. The van der Waals surface area contributed by atoms with Crippen molar-refractivity contribution in [2.45, 2.75) is 97.0 Å². The third kappa shape index (κ3) is 12.1. The van der Waals surface area contributed by atoms with Gasteiger partial charge in [-0.25, -0.2) is 9.59 Å². The lowest BCUT2D eigenvalue weighted by atomic mass is 9.96. The predicted molar refractivity (Wildman–Crippen MR) is 219 cm³/mol. The van der Waals surface area contributed by atoms with Crippen LogP contribution >= 0.6 is 0 Å². The van der Waals surface area contributed by atoms with E-state index in [2.05, 4.69) is 0 Å². The number of piperidine rings is 1. The number of hydrogen-bond acceptors (Lipinski definition) is 10. The van der Waals surface area contributed by atoms with Crippen molar-refractivity contribution in [1.82, 2.24) is 14.7 Å². The molecule has 61 heavy (non-hydrogen) atoms. The minimum absolute atomic E-state index is 0.00909. The van der Waals surface area contributed by atoms with Gasteiger partial charge in [0.05, 0.1) is 29.1 Å². The molecule has 18 heteroatoms. The number of carbonyl (C=O) groups is 4. The molecule has 5 rings (SSSR count). The van der Waals surface area contributed by atoms with E-state index >= 15 is 13.2 Å². The molecule has 0 aliphatic carbocycles. The van der Waals surface area contributed by atoms with E-state index in [-0.39, 0.29) is 38.5 Å². The van der Waals surface area contributed by atoms with Crippen LogP contribution in [-0.2, 0) is 47.9 Å². The Kier molecular flexibility index (Phi) is 14.3. The van der Waals surface area contributed by atoms with E-state index in [1.54, 1.807) is 89.2 Å². The average molecular weight is 875 g/mol. The molecule has 2 atom stereocenters. The van der Waals surface area contributed by atoms with E-state index < -0.39 is 87.1 Å². The van der Waals surface area contributed by atoms with Gasteiger partial charge in [0.15, 0.2) is 0 Å². The highest BCUT2D eigenvalue weighted by molar-refractivity contribution is 7.86. The van der Waals surface area contributed by atoms with Crippen molar-refractivity contribution in [2.24, 2.45) is 0 Å². The molecule has 332 valence electrons.